The summed E-state index contributed by atoms with van der Waals surface area (Å²) in [5.74, 6) is 0.162. The Kier molecular flexibility index (Phi) is 16.0. The van der Waals surface area contributed by atoms with Crippen LogP contribution in [0.5, 0.6) is 0 Å². The third-order valence-electron chi connectivity index (χ3n) is 3.67. The average Bonchev–Trinajstić information content (AvgIpc) is 2.81. The van der Waals surface area contributed by atoms with Gasteiger partial charge in [-0.3, -0.25) is 19.9 Å². The Hall–Kier alpha value is -2.97. The van der Waals surface area contributed by atoms with Gasteiger partial charge >= 0.3 is 0 Å². The number of allylic oxidation sites excluding steroid dienone is 1. The molecule has 0 aliphatic carbocycles. The first-order chi connectivity index (χ1) is 15.1. The predicted octanol–water partition coefficient (Wildman–Crippen LogP) is 2.12. The van der Waals surface area contributed by atoms with Gasteiger partial charge in [0, 0.05) is 44.6 Å². The summed E-state index contributed by atoms with van der Waals surface area (Å²) in [5.41, 5.74) is 3.66. The van der Waals surface area contributed by atoms with Crippen LogP contribution in [0.3, 0.4) is 0 Å². The molecule has 4 rings (SSSR count). The van der Waals surface area contributed by atoms with E-state index in [1.165, 1.54) is 13.0 Å². The molecule has 0 fully saturated rings. The van der Waals surface area contributed by atoms with E-state index in [0.29, 0.717) is 0 Å². The molecule has 0 aliphatic heterocycles. The first-order valence-electron chi connectivity index (χ1n) is 9.76. The Bertz CT molecular complexity index is 869. The van der Waals surface area contributed by atoms with E-state index in [1.807, 2.05) is 72.8 Å². The van der Waals surface area contributed by atoms with Crippen molar-refractivity contribution >= 4 is 0 Å². The van der Waals surface area contributed by atoms with E-state index in [1.54, 1.807) is 31.7 Å². The van der Waals surface area contributed by atoms with Gasteiger partial charge < -0.3 is 22.6 Å². The molecule has 174 valence electrons. The van der Waals surface area contributed by atoms with E-state index in [4.69, 9.17) is 10.2 Å². The topological polar surface area (TPSA) is 92.0 Å². The van der Waals surface area contributed by atoms with Crippen molar-refractivity contribution < 1.29 is 42.4 Å². The zero-order valence-corrected chi connectivity index (χ0v) is 21.6. The minimum absolute atomic E-state index is 0. The quantitative estimate of drug-likeness (QED) is 0.334. The average molecular weight is 640 g/mol. The zero-order chi connectivity index (χ0) is 22.3. The molecule has 0 bridgehead atoms. The van der Waals surface area contributed by atoms with Gasteiger partial charge in [-0.1, -0.05) is 24.3 Å². The van der Waals surface area contributed by atoms with Crippen LogP contribution in [-0.2, 0) is 19.8 Å². The van der Waals surface area contributed by atoms with Crippen LogP contribution in [0, 0.1) is 0 Å². The van der Waals surface area contributed by atoms with Crippen LogP contribution >= 0.6 is 0 Å². The molecule has 4 aromatic rings. The van der Waals surface area contributed by atoms with Crippen molar-refractivity contribution in [2.75, 3.05) is 0 Å². The van der Waals surface area contributed by atoms with E-state index >= 15 is 0 Å². The molecule has 6 nitrogen and oxygen atoms in total. The number of rotatable bonds is 3. The second-order valence-corrected chi connectivity index (χ2v) is 6.41. The Balaban J connectivity index is 0.000000470. The van der Waals surface area contributed by atoms with Crippen LogP contribution in [0.15, 0.2) is 109 Å². The summed E-state index contributed by atoms with van der Waals surface area (Å²) in [6, 6.07) is 23.2. The van der Waals surface area contributed by atoms with Gasteiger partial charge in [0.1, 0.15) is 0 Å². The molecule has 0 spiro atoms. The fraction of sp³-hybridized carbons (Fsp3) is 0.120. The van der Waals surface area contributed by atoms with Crippen molar-refractivity contribution in [1.82, 2.24) is 19.9 Å². The van der Waals surface area contributed by atoms with Crippen molar-refractivity contribution in [2.45, 2.75) is 20.0 Å². The monoisotopic (exact) mass is 641 g/mol. The van der Waals surface area contributed by atoms with Crippen molar-refractivity contribution in [3.8, 4) is 22.8 Å². The van der Waals surface area contributed by atoms with E-state index in [2.05, 4.69) is 19.9 Å². The number of nitrogens with zero attached hydrogens (tertiary/aromatic N) is 4. The first kappa shape index (κ1) is 30.0. The van der Waals surface area contributed by atoms with Crippen LogP contribution in [0.4, 0.5) is 0 Å². The van der Waals surface area contributed by atoms with E-state index in [9.17, 15) is 0 Å². The molecule has 1 atom stereocenters. The maximum absolute atomic E-state index is 8.49. The minimum atomic E-state index is -0.537. The molecule has 0 aliphatic rings. The molecule has 33 heavy (non-hydrogen) atoms. The summed E-state index contributed by atoms with van der Waals surface area (Å²) in [6.45, 7) is 3.10. The minimum Gasteiger partial charge on any atom is -1.00 e. The molecule has 4 heterocycles. The van der Waals surface area contributed by atoms with Crippen molar-refractivity contribution in [3.63, 3.8) is 0 Å². The summed E-state index contributed by atoms with van der Waals surface area (Å²) >= 11 is 0. The first-order valence-corrected chi connectivity index (χ1v) is 9.76. The van der Waals surface area contributed by atoms with Crippen LogP contribution < -0.4 is 12.4 Å². The summed E-state index contributed by atoms with van der Waals surface area (Å²) in [6.07, 6.45) is 7.90. The van der Waals surface area contributed by atoms with Gasteiger partial charge in [-0.15, -0.1) is 0 Å². The van der Waals surface area contributed by atoms with E-state index < -0.39 is 6.10 Å². The van der Waals surface area contributed by atoms with Crippen LogP contribution in [0.2, 0.25) is 0 Å². The smallest absolute Gasteiger partial charge is 0.0886 e. The number of hydrogen-bond acceptors (Lipinski definition) is 6. The van der Waals surface area contributed by atoms with Gasteiger partial charge in [0.15, 0.2) is 0 Å². The molecule has 0 aromatic carbocycles. The van der Waals surface area contributed by atoms with Gasteiger partial charge in [0.05, 0.1) is 34.6 Å². The fourth-order valence-corrected chi connectivity index (χ4v) is 2.41. The van der Waals surface area contributed by atoms with E-state index in [-0.39, 0.29) is 38.0 Å². The molecule has 0 saturated heterocycles. The van der Waals surface area contributed by atoms with Crippen molar-refractivity contribution in [1.29, 1.82) is 0 Å². The van der Waals surface area contributed by atoms with Gasteiger partial charge in [0.2, 0.25) is 0 Å². The maximum Gasteiger partial charge on any atom is 0.0886 e. The van der Waals surface area contributed by atoms with Crippen LogP contribution in [0.25, 0.3) is 22.8 Å². The SMILES string of the molecule is CC(O)=CC(C)O.[Cl-].[Os].c1ccc(-c2ccccn2)nc1.c1ccc(-c2ccccn2)nc1. The Morgan fingerprint density at radius 2 is 0.939 bits per heavy atom. The molecule has 8 heteroatoms. The van der Waals surface area contributed by atoms with Crippen LogP contribution in [-0.4, -0.2) is 36.3 Å². The number of aliphatic hydroxyl groups is 2. The number of halogens is 1. The molecule has 0 amide bonds. The number of aliphatic hydroxyl groups excluding tert-OH is 2. The number of hydrogen-bond donors (Lipinski definition) is 2. The Morgan fingerprint density at radius 3 is 1.06 bits per heavy atom. The Morgan fingerprint density at radius 1 is 0.667 bits per heavy atom. The molecular weight excluding hydrogens is 614 g/mol. The van der Waals surface area contributed by atoms with Gasteiger partial charge in [-0.2, -0.15) is 0 Å². The third-order valence-corrected chi connectivity index (χ3v) is 3.67. The maximum atomic E-state index is 8.49. The van der Waals surface area contributed by atoms with Crippen molar-refractivity contribution in [2.24, 2.45) is 0 Å². The Labute approximate surface area is 214 Å². The normalized spacial score (nSPS) is 10.6. The zero-order valence-electron chi connectivity index (χ0n) is 18.3. The molecule has 2 N–H and O–H groups in total. The van der Waals surface area contributed by atoms with E-state index in [0.717, 1.165) is 22.8 Å². The largest absolute Gasteiger partial charge is 1.00 e. The summed E-state index contributed by atoms with van der Waals surface area (Å²) in [5, 5.41) is 16.9. The second-order valence-electron chi connectivity index (χ2n) is 6.41. The summed E-state index contributed by atoms with van der Waals surface area (Å²) in [7, 11) is 0. The molecule has 0 radical (unpaired) electrons. The molecule has 0 saturated carbocycles. The van der Waals surface area contributed by atoms with Gasteiger partial charge in [-0.05, 0) is 68.5 Å². The summed E-state index contributed by atoms with van der Waals surface area (Å²) < 4.78 is 0. The molecule has 4 aromatic heterocycles. The third kappa shape index (κ3) is 12.6. The number of aromatic nitrogens is 4. The molecular formula is C25H26ClN4O2Os-. The fourth-order valence-electron chi connectivity index (χ4n) is 2.41. The standard InChI is InChI=1S/2C10H8N2.C5H10O2.ClH.Os/c2*1-3-7-11-9(5-1)10-6-2-4-8-12-10;1-4(6)3-5(2)7;;/h2*1-8H;3-4,6-7H,1-2H3;1H;/p-1. The van der Waals surface area contributed by atoms with Gasteiger partial charge in [-0.25, -0.2) is 0 Å². The second kappa shape index (κ2) is 17.6. The predicted molar refractivity (Wildman–Crippen MR) is 123 cm³/mol. The summed E-state index contributed by atoms with van der Waals surface area (Å²) in [4.78, 5) is 16.7. The van der Waals surface area contributed by atoms with Crippen LogP contribution in [0.1, 0.15) is 13.8 Å². The van der Waals surface area contributed by atoms with Crippen molar-refractivity contribution in [3.05, 3.63) is 109 Å². The molecule has 1 unspecified atom stereocenters. The number of pyridine rings is 4. The van der Waals surface area contributed by atoms with Gasteiger partial charge in [0.25, 0.3) is 0 Å².